The van der Waals surface area contributed by atoms with E-state index in [0.717, 1.165) is 56.9 Å². The molecule has 0 aliphatic heterocycles. The number of hydrogen-bond acceptors (Lipinski definition) is 4. The van der Waals surface area contributed by atoms with Crippen LogP contribution in [0.2, 0.25) is 0 Å². The SMILES string of the molecule is CCCCC(CCCCCCCCCC(CCC(=O)O)OCc1ccccc1)OC(C)=O. The van der Waals surface area contributed by atoms with Crippen LogP contribution in [-0.2, 0) is 25.7 Å². The lowest BCUT2D eigenvalue weighted by Crippen LogP contribution is -2.16. The third kappa shape index (κ3) is 15.9. The Morgan fingerprint density at radius 2 is 1.38 bits per heavy atom. The summed E-state index contributed by atoms with van der Waals surface area (Å²) in [4.78, 5) is 22.2. The number of hydrogen-bond donors (Lipinski definition) is 1. The molecule has 5 nitrogen and oxygen atoms in total. The van der Waals surface area contributed by atoms with Gasteiger partial charge in [0.15, 0.2) is 0 Å². The molecule has 1 rings (SSSR count). The van der Waals surface area contributed by atoms with Crippen molar-refractivity contribution in [3.05, 3.63) is 35.9 Å². The zero-order chi connectivity index (χ0) is 23.4. The summed E-state index contributed by atoms with van der Waals surface area (Å²) in [5, 5.41) is 9.00. The van der Waals surface area contributed by atoms with E-state index in [1.165, 1.54) is 32.6 Å². The van der Waals surface area contributed by atoms with Crippen LogP contribution in [-0.4, -0.2) is 29.3 Å². The molecule has 0 bridgehead atoms. The van der Waals surface area contributed by atoms with Crippen molar-refractivity contribution in [3.8, 4) is 0 Å². The molecule has 2 unspecified atom stereocenters. The Balaban J connectivity index is 2.14. The van der Waals surface area contributed by atoms with Crippen LogP contribution in [0.25, 0.3) is 0 Å². The molecule has 182 valence electrons. The average molecular weight is 449 g/mol. The van der Waals surface area contributed by atoms with Gasteiger partial charge in [-0.25, -0.2) is 0 Å². The van der Waals surface area contributed by atoms with E-state index in [2.05, 4.69) is 6.92 Å². The van der Waals surface area contributed by atoms with Crippen LogP contribution in [0.15, 0.2) is 30.3 Å². The van der Waals surface area contributed by atoms with Gasteiger partial charge in [-0.3, -0.25) is 9.59 Å². The first-order chi connectivity index (χ1) is 15.5. The highest BCUT2D eigenvalue weighted by Crippen LogP contribution is 2.18. The Morgan fingerprint density at radius 1 is 0.812 bits per heavy atom. The van der Waals surface area contributed by atoms with Gasteiger partial charge in [0.1, 0.15) is 6.10 Å². The molecular weight excluding hydrogens is 404 g/mol. The Morgan fingerprint density at radius 3 is 1.94 bits per heavy atom. The Labute approximate surface area is 194 Å². The molecule has 0 amide bonds. The first-order valence-corrected chi connectivity index (χ1v) is 12.6. The molecule has 0 aromatic heterocycles. The van der Waals surface area contributed by atoms with Crippen molar-refractivity contribution in [1.29, 1.82) is 0 Å². The van der Waals surface area contributed by atoms with E-state index in [0.29, 0.717) is 13.0 Å². The van der Waals surface area contributed by atoms with Gasteiger partial charge in [-0.05, 0) is 37.7 Å². The molecule has 0 saturated carbocycles. The molecule has 0 saturated heterocycles. The minimum atomic E-state index is -0.760. The van der Waals surface area contributed by atoms with Crippen molar-refractivity contribution >= 4 is 11.9 Å². The first-order valence-electron chi connectivity index (χ1n) is 12.6. The molecule has 0 aliphatic carbocycles. The topological polar surface area (TPSA) is 72.8 Å². The highest BCUT2D eigenvalue weighted by molar-refractivity contribution is 5.66. The van der Waals surface area contributed by atoms with Crippen molar-refractivity contribution in [1.82, 2.24) is 0 Å². The molecule has 5 heteroatoms. The molecule has 1 aromatic carbocycles. The normalized spacial score (nSPS) is 12.9. The average Bonchev–Trinajstić information content (AvgIpc) is 2.77. The number of esters is 1. The van der Waals surface area contributed by atoms with E-state index in [1.54, 1.807) is 0 Å². The third-order valence-corrected chi connectivity index (χ3v) is 5.77. The number of carboxylic acids is 1. The molecule has 0 fully saturated rings. The fourth-order valence-corrected chi connectivity index (χ4v) is 3.94. The largest absolute Gasteiger partial charge is 0.481 e. The summed E-state index contributed by atoms with van der Waals surface area (Å²) in [5.74, 6) is -0.926. The van der Waals surface area contributed by atoms with Crippen molar-refractivity contribution < 1.29 is 24.2 Å². The van der Waals surface area contributed by atoms with E-state index in [-0.39, 0.29) is 24.6 Å². The summed E-state index contributed by atoms with van der Waals surface area (Å²) in [6, 6.07) is 10.0. The van der Waals surface area contributed by atoms with Crippen LogP contribution >= 0.6 is 0 Å². The molecule has 1 N–H and O–H groups in total. The van der Waals surface area contributed by atoms with Crippen LogP contribution in [0.5, 0.6) is 0 Å². The second-order valence-corrected chi connectivity index (χ2v) is 8.78. The van der Waals surface area contributed by atoms with Gasteiger partial charge >= 0.3 is 11.9 Å². The minimum absolute atomic E-state index is 0.00707. The quantitative estimate of drug-likeness (QED) is 0.171. The van der Waals surface area contributed by atoms with Gasteiger partial charge in [-0.15, -0.1) is 0 Å². The summed E-state index contributed by atoms with van der Waals surface area (Å²) < 4.78 is 11.4. The Kier molecular flexibility index (Phi) is 16.4. The molecule has 0 radical (unpaired) electrons. The van der Waals surface area contributed by atoms with E-state index in [1.807, 2.05) is 30.3 Å². The standard InChI is InChI=1S/C27H44O5/c1-3-4-17-26(32-23(2)28)19-14-9-7-5-6-8-13-18-25(20-21-27(29)30)31-22-24-15-11-10-12-16-24/h10-12,15-16,25-26H,3-9,13-14,17-22H2,1-2H3,(H,29,30). The van der Waals surface area contributed by atoms with E-state index < -0.39 is 5.97 Å². The maximum Gasteiger partial charge on any atom is 0.303 e. The summed E-state index contributed by atoms with van der Waals surface area (Å²) in [5.41, 5.74) is 1.12. The zero-order valence-corrected chi connectivity index (χ0v) is 20.2. The molecule has 1 aromatic rings. The summed E-state index contributed by atoms with van der Waals surface area (Å²) in [7, 11) is 0. The monoisotopic (exact) mass is 448 g/mol. The fourth-order valence-electron chi connectivity index (χ4n) is 3.94. The number of ether oxygens (including phenoxy) is 2. The molecule has 0 aliphatic rings. The van der Waals surface area contributed by atoms with Crippen LogP contribution < -0.4 is 0 Å². The maximum absolute atomic E-state index is 11.2. The van der Waals surface area contributed by atoms with Gasteiger partial charge in [-0.1, -0.05) is 88.6 Å². The molecule has 0 heterocycles. The van der Waals surface area contributed by atoms with Crippen LogP contribution in [0.1, 0.15) is 109 Å². The van der Waals surface area contributed by atoms with E-state index in [4.69, 9.17) is 14.6 Å². The van der Waals surface area contributed by atoms with E-state index in [9.17, 15) is 9.59 Å². The Hall–Kier alpha value is -1.88. The number of aliphatic carboxylic acids is 1. The predicted octanol–water partition coefficient (Wildman–Crippen LogP) is 7.07. The summed E-state index contributed by atoms with van der Waals surface area (Å²) in [6.45, 7) is 4.20. The third-order valence-electron chi connectivity index (χ3n) is 5.77. The minimum Gasteiger partial charge on any atom is -0.481 e. The second-order valence-electron chi connectivity index (χ2n) is 8.78. The zero-order valence-electron chi connectivity index (χ0n) is 20.2. The van der Waals surface area contributed by atoms with Crippen LogP contribution in [0, 0.1) is 0 Å². The number of benzene rings is 1. The lowest BCUT2D eigenvalue weighted by Gasteiger charge is -2.17. The van der Waals surface area contributed by atoms with Gasteiger partial charge in [0.2, 0.25) is 0 Å². The van der Waals surface area contributed by atoms with Crippen molar-refractivity contribution in [3.63, 3.8) is 0 Å². The molecule has 2 atom stereocenters. The summed E-state index contributed by atoms with van der Waals surface area (Å²) in [6.07, 6.45) is 14.1. The highest BCUT2D eigenvalue weighted by atomic mass is 16.5. The van der Waals surface area contributed by atoms with Gasteiger partial charge < -0.3 is 14.6 Å². The van der Waals surface area contributed by atoms with Gasteiger partial charge in [0.25, 0.3) is 0 Å². The lowest BCUT2D eigenvalue weighted by atomic mass is 10.0. The number of rotatable bonds is 20. The second kappa shape index (κ2) is 18.7. The number of carboxylic acid groups (broad SMARTS) is 1. The van der Waals surface area contributed by atoms with Crippen molar-refractivity contribution in [2.75, 3.05) is 0 Å². The predicted molar refractivity (Wildman–Crippen MR) is 129 cm³/mol. The van der Waals surface area contributed by atoms with Crippen molar-refractivity contribution in [2.45, 2.75) is 123 Å². The van der Waals surface area contributed by atoms with Crippen molar-refractivity contribution in [2.24, 2.45) is 0 Å². The number of carbonyl (C=O) groups excluding carboxylic acids is 1. The smallest absolute Gasteiger partial charge is 0.303 e. The molecule has 32 heavy (non-hydrogen) atoms. The number of carbonyl (C=O) groups is 2. The molecular formula is C27H44O5. The van der Waals surface area contributed by atoms with Gasteiger partial charge in [0.05, 0.1) is 12.7 Å². The van der Waals surface area contributed by atoms with Gasteiger partial charge in [-0.2, -0.15) is 0 Å². The first kappa shape index (κ1) is 28.2. The van der Waals surface area contributed by atoms with Crippen LogP contribution in [0.4, 0.5) is 0 Å². The summed E-state index contributed by atoms with van der Waals surface area (Å²) >= 11 is 0. The van der Waals surface area contributed by atoms with E-state index >= 15 is 0 Å². The lowest BCUT2D eigenvalue weighted by molar-refractivity contribution is -0.147. The molecule has 0 spiro atoms. The highest BCUT2D eigenvalue weighted by Gasteiger charge is 2.12. The maximum atomic E-state index is 11.2. The number of unbranched alkanes of at least 4 members (excludes halogenated alkanes) is 7. The van der Waals surface area contributed by atoms with Gasteiger partial charge in [0, 0.05) is 13.3 Å². The van der Waals surface area contributed by atoms with Crippen LogP contribution in [0.3, 0.4) is 0 Å². The fraction of sp³-hybridized carbons (Fsp3) is 0.704. The Bertz CT molecular complexity index is 601.